The van der Waals surface area contributed by atoms with Crippen LogP contribution >= 0.6 is 0 Å². The number of Topliss-reactive ketones (excluding diaryl/α,β-unsaturated/α-hetero) is 1. The quantitative estimate of drug-likeness (QED) is 0.824. The summed E-state index contributed by atoms with van der Waals surface area (Å²) in [5.41, 5.74) is 1.10. The molecule has 21 heavy (non-hydrogen) atoms. The van der Waals surface area contributed by atoms with Crippen LogP contribution < -0.4 is 0 Å². The van der Waals surface area contributed by atoms with Crippen molar-refractivity contribution in [1.29, 1.82) is 0 Å². The van der Waals surface area contributed by atoms with Crippen LogP contribution in [0, 0.1) is 0 Å². The maximum Gasteiger partial charge on any atom is 0.190 e. The second-order valence-electron chi connectivity index (χ2n) is 4.80. The predicted molar refractivity (Wildman–Crippen MR) is 76.6 cm³/mol. The third kappa shape index (κ3) is 3.43. The molecule has 114 valence electrons. The van der Waals surface area contributed by atoms with Crippen LogP contribution in [-0.2, 0) is 25.4 Å². The molecule has 1 aromatic rings. The SMILES string of the molecule is COC1=C(CO)O[C@@H](C(=O)CCc2ccccc2)C1OC. The Labute approximate surface area is 124 Å². The number of aliphatic hydroxyl groups is 1. The Morgan fingerprint density at radius 3 is 2.57 bits per heavy atom. The van der Waals surface area contributed by atoms with Gasteiger partial charge in [-0.05, 0) is 12.0 Å². The number of ketones is 1. The average molecular weight is 292 g/mol. The first-order valence-corrected chi connectivity index (χ1v) is 6.85. The molecule has 1 unspecified atom stereocenters. The van der Waals surface area contributed by atoms with Gasteiger partial charge in [-0.15, -0.1) is 0 Å². The summed E-state index contributed by atoms with van der Waals surface area (Å²) in [7, 11) is 2.96. The van der Waals surface area contributed by atoms with Crippen molar-refractivity contribution in [3.63, 3.8) is 0 Å². The number of ether oxygens (including phenoxy) is 3. The van der Waals surface area contributed by atoms with Crippen LogP contribution in [0.3, 0.4) is 0 Å². The zero-order valence-electron chi connectivity index (χ0n) is 12.2. The lowest BCUT2D eigenvalue weighted by Crippen LogP contribution is -2.34. The molecule has 0 saturated heterocycles. The smallest absolute Gasteiger partial charge is 0.190 e. The van der Waals surface area contributed by atoms with E-state index in [1.807, 2.05) is 30.3 Å². The highest BCUT2D eigenvalue weighted by Crippen LogP contribution is 2.29. The average Bonchev–Trinajstić information content (AvgIpc) is 2.91. The Balaban J connectivity index is 2.00. The number of benzene rings is 1. The summed E-state index contributed by atoms with van der Waals surface area (Å²) >= 11 is 0. The van der Waals surface area contributed by atoms with Crippen LogP contribution in [0.25, 0.3) is 0 Å². The van der Waals surface area contributed by atoms with Crippen molar-refractivity contribution in [2.24, 2.45) is 0 Å². The van der Waals surface area contributed by atoms with Crippen molar-refractivity contribution in [3.05, 3.63) is 47.4 Å². The lowest BCUT2D eigenvalue weighted by Gasteiger charge is -2.18. The van der Waals surface area contributed by atoms with Crippen LogP contribution in [-0.4, -0.2) is 43.9 Å². The lowest BCUT2D eigenvalue weighted by molar-refractivity contribution is -0.132. The molecule has 0 amide bonds. The van der Waals surface area contributed by atoms with Gasteiger partial charge in [0.2, 0.25) is 0 Å². The van der Waals surface area contributed by atoms with Crippen LogP contribution in [0.1, 0.15) is 12.0 Å². The largest absolute Gasteiger partial charge is 0.495 e. The third-order valence-electron chi connectivity index (χ3n) is 3.52. The number of hydrogen-bond acceptors (Lipinski definition) is 5. The van der Waals surface area contributed by atoms with Crippen LogP contribution in [0.15, 0.2) is 41.9 Å². The van der Waals surface area contributed by atoms with E-state index in [9.17, 15) is 9.90 Å². The van der Waals surface area contributed by atoms with Crippen molar-refractivity contribution in [2.45, 2.75) is 25.0 Å². The second kappa shape index (κ2) is 7.24. The minimum Gasteiger partial charge on any atom is -0.495 e. The molecule has 0 bridgehead atoms. The van der Waals surface area contributed by atoms with Gasteiger partial charge in [0.15, 0.2) is 29.5 Å². The maximum absolute atomic E-state index is 12.3. The third-order valence-corrected chi connectivity index (χ3v) is 3.52. The molecule has 2 atom stereocenters. The first-order valence-electron chi connectivity index (χ1n) is 6.85. The number of aliphatic hydroxyl groups excluding tert-OH is 1. The molecule has 2 rings (SSSR count). The van der Waals surface area contributed by atoms with Gasteiger partial charge in [-0.1, -0.05) is 30.3 Å². The fourth-order valence-electron chi connectivity index (χ4n) is 2.43. The Hall–Kier alpha value is -1.85. The number of carbonyl (C=O) groups is 1. The minimum absolute atomic E-state index is 0.0660. The molecular weight excluding hydrogens is 272 g/mol. The van der Waals surface area contributed by atoms with Gasteiger partial charge in [0.05, 0.1) is 7.11 Å². The molecule has 1 heterocycles. The number of aryl methyl sites for hydroxylation is 1. The molecule has 0 spiro atoms. The van der Waals surface area contributed by atoms with E-state index in [-0.39, 0.29) is 18.1 Å². The molecule has 0 saturated carbocycles. The summed E-state index contributed by atoms with van der Waals surface area (Å²) in [4.78, 5) is 12.3. The fourth-order valence-corrected chi connectivity index (χ4v) is 2.43. The normalized spacial score (nSPS) is 21.3. The molecule has 0 aromatic heterocycles. The number of carbonyl (C=O) groups excluding carboxylic acids is 1. The zero-order chi connectivity index (χ0) is 15.2. The Bertz CT molecular complexity index is 509. The first kappa shape index (κ1) is 15.5. The topological polar surface area (TPSA) is 65.0 Å². The Morgan fingerprint density at radius 1 is 1.29 bits per heavy atom. The summed E-state index contributed by atoms with van der Waals surface area (Å²) in [6.07, 6.45) is -0.354. The van der Waals surface area contributed by atoms with Crippen LogP contribution in [0.4, 0.5) is 0 Å². The molecule has 1 aromatic carbocycles. The highest BCUT2D eigenvalue weighted by Gasteiger charge is 2.42. The zero-order valence-corrected chi connectivity index (χ0v) is 12.2. The second-order valence-corrected chi connectivity index (χ2v) is 4.80. The molecule has 0 aliphatic carbocycles. The number of hydrogen-bond donors (Lipinski definition) is 1. The Kier molecular flexibility index (Phi) is 5.36. The predicted octanol–water partition coefficient (Wildman–Crippen LogP) is 1.45. The van der Waals surface area contributed by atoms with Gasteiger partial charge in [-0.25, -0.2) is 0 Å². The van der Waals surface area contributed by atoms with E-state index < -0.39 is 12.2 Å². The summed E-state index contributed by atoms with van der Waals surface area (Å²) in [5, 5.41) is 9.26. The lowest BCUT2D eigenvalue weighted by atomic mass is 10.0. The monoisotopic (exact) mass is 292 g/mol. The van der Waals surface area contributed by atoms with E-state index in [4.69, 9.17) is 14.2 Å². The van der Waals surface area contributed by atoms with Gasteiger partial charge in [-0.2, -0.15) is 0 Å². The highest BCUT2D eigenvalue weighted by molar-refractivity contribution is 5.85. The minimum atomic E-state index is -0.754. The van der Waals surface area contributed by atoms with Crippen molar-refractivity contribution >= 4 is 5.78 Å². The molecule has 0 radical (unpaired) electrons. The molecule has 1 aliphatic heterocycles. The van der Waals surface area contributed by atoms with E-state index in [1.54, 1.807) is 0 Å². The van der Waals surface area contributed by atoms with Crippen molar-refractivity contribution in [2.75, 3.05) is 20.8 Å². The van der Waals surface area contributed by atoms with Crippen LogP contribution in [0.5, 0.6) is 0 Å². The maximum atomic E-state index is 12.3. The standard InChI is InChI=1S/C16H20O5/c1-19-15-13(10-17)21-14(16(15)20-2)12(18)9-8-11-6-4-3-5-7-11/h3-7,14,16-17H,8-10H2,1-2H3/t14-,16?/m0/s1. The Morgan fingerprint density at radius 2 is 2.00 bits per heavy atom. The molecule has 5 nitrogen and oxygen atoms in total. The van der Waals surface area contributed by atoms with Crippen molar-refractivity contribution in [3.8, 4) is 0 Å². The number of methoxy groups -OCH3 is 2. The van der Waals surface area contributed by atoms with Gasteiger partial charge in [0, 0.05) is 13.5 Å². The van der Waals surface area contributed by atoms with E-state index in [1.165, 1.54) is 14.2 Å². The van der Waals surface area contributed by atoms with E-state index in [0.717, 1.165) is 5.56 Å². The summed E-state index contributed by atoms with van der Waals surface area (Å²) in [6, 6.07) is 9.79. The van der Waals surface area contributed by atoms with E-state index in [2.05, 4.69) is 0 Å². The summed E-state index contributed by atoms with van der Waals surface area (Å²) < 4.78 is 16.0. The van der Waals surface area contributed by atoms with Gasteiger partial charge in [-0.3, -0.25) is 4.79 Å². The van der Waals surface area contributed by atoms with E-state index in [0.29, 0.717) is 18.6 Å². The van der Waals surface area contributed by atoms with Crippen LogP contribution in [0.2, 0.25) is 0 Å². The van der Waals surface area contributed by atoms with E-state index >= 15 is 0 Å². The fraction of sp³-hybridized carbons (Fsp3) is 0.438. The molecule has 1 N–H and O–H groups in total. The highest BCUT2D eigenvalue weighted by atomic mass is 16.6. The van der Waals surface area contributed by atoms with Gasteiger partial charge >= 0.3 is 0 Å². The molecule has 5 heteroatoms. The molecular formula is C16H20O5. The first-order chi connectivity index (χ1) is 10.2. The van der Waals surface area contributed by atoms with Gasteiger partial charge in [0.25, 0.3) is 0 Å². The van der Waals surface area contributed by atoms with Crippen molar-refractivity contribution in [1.82, 2.24) is 0 Å². The molecule has 0 fully saturated rings. The van der Waals surface area contributed by atoms with Gasteiger partial charge < -0.3 is 19.3 Å². The summed E-state index contributed by atoms with van der Waals surface area (Å²) in [6.45, 7) is -0.314. The van der Waals surface area contributed by atoms with Crippen molar-refractivity contribution < 1.29 is 24.1 Å². The number of rotatable bonds is 7. The summed E-state index contributed by atoms with van der Waals surface area (Å²) in [5.74, 6) is 0.587. The van der Waals surface area contributed by atoms with Gasteiger partial charge in [0.1, 0.15) is 6.61 Å². The molecule has 1 aliphatic rings.